The van der Waals surface area contributed by atoms with Crippen LogP contribution in [-0.4, -0.2) is 87.4 Å². The number of esters is 2. The molecule has 0 radical (unpaired) electrons. The van der Waals surface area contributed by atoms with Gasteiger partial charge in [0.15, 0.2) is 6.10 Å². The number of ether oxygens (including phenoxy) is 4. The Labute approximate surface area is 452 Å². The van der Waals surface area contributed by atoms with E-state index < -0.39 is 24.3 Å². The maximum Gasteiger partial charge on any atom is 0.361 e. The van der Waals surface area contributed by atoms with Gasteiger partial charge in [0.05, 0.1) is 34.4 Å². The smallest absolute Gasteiger partial charge is 0.361 e. The predicted molar refractivity (Wildman–Crippen MR) is 309 cm³/mol. The second kappa shape index (κ2) is 56.0. The van der Waals surface area contributed by atoms with Gasteiger partial charge in [-0.1, -0.05) is 276 Å². The van der Waals surface area contributed by atoms with E-state index in [1.165, 1.54) is 225 Å². The van der Waals surface area contributed by atoms with Crippen molar-refractivity contribution in [2.24, 2.45) is 0 Å². The number of quaternary nitrogens is 1. The van der Waals surface area contributed by atoms with E-state index in [9.17, 15) is 19.5 Å². The van der Waals surface area contributed by atoms with Gasteiger partial charge >= 0.3 is 17.9 Å². The van der Waals surface area contributed by atoms with Crippen LogP contribution in [0, 0.1) is 0 Å². The molecular weight excluding hydrogens is 911 g/mol. The molecule has 0 aliphatic carbocycles. The van der Waals surface area contributed by atoms with Gasteiger partial charge in [-0.15, -0.1) is 0 Å². The quantitative estimate of drug-likeness (QED) is 0.0211. The van der Waals surface area contributed by atoms with Crippen LogP contribution in [0.5, 0.6) is 0 Å². The summed E-state index contributed by atoms with van der Waals surface area (Å²) >= 11 is 0. The highest BCUT2D eigenvalue weighted by Gasteiger charge is 2.25. The largest absolute Gasteiger partial charge is 0.477 e. The van der Waals surface area contributed by atoms with Crippen molar-refractivity contribution in [3.63, 3.8) is 0 Å². The number of carboxylic acid groups (broad SMARTS) is 1. The lowest BCUT2D eigenvalue weighted by Gasteiger charge is -2.25. The summed E-state index contributed by atoms with van der Waals surface area (Å²) in [4.78, 5) is 37.5. The fourth-order valence-electron chi connectivity index (χ4n) is 9.34. The van der Waals surface area contributed by atoms with Crippen molar-refractivity contribution >= 4 is 17.9 Å². The summed E-state index contributed by atoms with van der Waals surface area (Å²) in [5.74, 6) is -1.99. The predicted octanol–water partition coefficient (Wildman–Crippen LogP) is 18.7. The minimum atomic E-state index is -1.51. The third kappa shape index (κ3) is 57.3. The maximum atomic E-state index is 12.9. The van der Waals surface area contributed by atoms with Gasteiger partial charge in [-0.25, -0.2) is 4.79 Å². The Bertz CT molecular complexity index is 1250. The minimum absolute atomic E-state index is 0.180. The van der Waals surface area contributed by atoms with Crippen molar-refractivity contribution in [3.8, 4) is 0 Å². The summed E-state index contributed by atoms with van der Waals surface area (Å²) in [6.07, 6.45) is 64.2. The molecule has 0 aliphatic rings. The monoisotopic (exact) mass is 1030 g/mol. The number of hydrogen-bond acceptors (Lipinski definition) is 7. The highest BCUT2D eigenvalue weighted by atomic mass is 16.7. The third-order valence-corrected chi connectivity index (χ3v) is 14.2. The van der Waals surface area contributed by atoms with Crippen LogP contribution in [0.3, 0.4) is 0 Å². The lowest BCUT2D eigenvalue weighted by Crippen LogP contribution is -2.40. The summed E-state index contributed by atoms with van der Waals surface area (Å²) in [5.41, 5.74) is 0. The topological polar surface area (TPSA) is 108 Å². The van der Waals surface area contributed by atoms with Crippen molar-refractivity contribution in [1.82, 2.24) is 0 Å². The number of rotatable bonds is 59. The Morgan fingerprint density at radius 1 is 0.411 bits per heavy atom. The summed E-state index contributed by atoms with van der Waals surface area (Å²) in [5, 5.41) is 9.71. The van der Waals surface area contributed by atoms with Crippen LogP contribution in [0.15, 0.2) is 24.3 Å². The first-order valence-electron chi connectivity index (χ1n) is 31.5. The molecule has 0 fully saturated rings. The minimum Gasteiger partial charge on any atom is -0.477 e. The normalized spacial score (nSPS) is 12.8. The Balaban J connectivity index is 4.09. The number of likely N-dealkylation sites (N-methyl/N-ethyl adjacent to an activating group) is 1. The molecule has 0 aromatic heterocycles. The van der Waals surface area contributed by atoms with Crippen LogP contribution in [0.4, 0.5) is 0 Å². The van der Waals surface area contributed by atoms with E-state index in [-0.39, 0.29) is 32.2 Å². The van der Waals surface area contributed by atoms with Crippen molar-refractivity contribution in [1.29, 1.82) is 0 Å². The fourth-order valence-corrected chi connectivity index (χ4v) is 9.34. The lowest BCUT2D eigenvalue weighted by molar-refractivity contribution is -0.870. The van der Waals surface area contributed by atoms with Crippen molar-refractivity contribution in [3.05, 3.63) is 24.3 Å². The molecule has 9 nitrogen and oxygen atoms in total. The van der Waals surface area contributed by atoms with Crippen LogP contribution < -0.4 is 0 Å². The fraction of sp³-hybridized carbons (Fsp3) is 0.891. The van der Waals surface area contributed by atoms with Gasteiger partial charge in [-0.3, -0.25) is 9.59 Å². The second-order valence-electron chi connectivity index (χ2n) is 22.7. The first-order chi connectivity index (χ1) is 35.6. The van der Waals surface area contributed by atoms with E-state index in [0.29, 0.717) is 23.9 Å². The lowest BCUT2D eigenvalue weighted by atomic mass is 10.0. The number of nitrogens with zero attached hydrogens (tertiary/aromatic N) is 1. The van der Waals surface area contributed by atoms with Crippen molar-refractivity contribution in [2.45, 2.75) is 322 Å². The van der Waals surface area contributed by atoms with Crippen LogP contribution in [0.2, 0.25) is 0 Å². The molecule has 0 aromatic carbocycles. The van der Waals surface area contributed by atoms with Crippen LogP contribution in [-0.2, 0) is 33.3 Å². The van der Waals surface area contributed by atoms with Crippen molar-refractivity contribution < 1.29 is 42.9 Å². The van der Waals surface area contributed by atoms with Gasteiger partial charge in [0.2, 0.25) is 0 Å². The van der Waals surface area contributed by atoms with E-state index in [1.54, 1.807) is 0 Å². The van der Waals surface area contributed by atoms with E-state index in [0.717, 1.165) is 51.4 Å². The molecule has 0 amide bonds. The average Bonchev–Trinajstić information content (AvgIpc) is 3.36. The number of carbonyl (C=O) groups is 3. The van der Waals surface area contributed by atoms with Crippen LogP contribution in [0.1, 0.15) is 309 Å². The SMILES string of the molecule is CCCCCC/C=C\C/C=C\CCCCCCCCCC(=O)OC(COC(=O)CCCCCCCCCCCCCCCCCCCCCCCCCCCCCCCC)COC(OCC[N+](C)(C)C)C(=O)O. The second-order valence-corrected chi connectivity index (χ2v) is 22.7. The first-order valence-corrected chi connectivity index (χ1v) is 31.5. The van der Waals surface area contributed by atoms with Crippen molar-refractivity contribution in [2.75, 3.05) is 47.5 Å². The highest BCUT2D eigenvalue weighted by molar-refractivity contribution is 5.71. The molecule has 0 heterocycles. The third-order valence-electron chi connectivity index (χ3n) is 14.2. The number of hydrogen-bond donors (Lipinski definition) is 1. The van der Waals surface area contributed by atoms with Gasteiger partial charge in [0, 0.05) is 12.8 Å². The molecule has 2 unspecified atom stereocenters. The van der Waals surface area contributed by atoms with Gasteiger partial charge in [-0.2, -0.15) is 0 Å². The summed E-state index contributed by atoms with van der Waals surface area (Å²) in [6, 6.07) is 0. The molecule has 0 rings (SSSR count). The zero-order valence-electron chi connectivity index (χ0n) is 49.1. The molecule has 1 N–H and O–H groups in total. The number of carboxylic acids is 1. The summed E-state index contributed by atoms with van der Waals surface area (Å²) < 4.78 is 22.9. The van der Waals surface area contributed by atoms with E-state index >= 15 is 0 Å². The molecule has 0 saturated heterocycles. The first kappa shape index (κ1) is 70.8. The molecule has 430 valence electrons. The Morgan fingerprint density at radius 3 is 1.10 bits per heavy atom. The van der Waals surface area contributed by atoms with E-state index in [4.69, 9.17) is 18.9 Å². The standard InChI is InChI=1S/C64H121NO8/c1-6-8-10-12-14-16-18-20-22-24-26-27-28-29-30-31-32-33-34-35-36-37-39-40-42-44-46-48-50-52-54-61(66)71-58-60(59-72-64(63(68)69)70-57-56-65(3,4)5)73-62(67)55-53-51-49-47-45-43-41-38-25-23-21-19-17-15-13-11-9-7-2/h17,19,23,25,60,64H,6-16,18,20-22,24,26-59H2,1-5H3/p+1/b19-17-,25-23-. The highest BCUT2D eigenvalue weighted by Crippen LogP contribution is 2.18. The molecule has 0 aromatic rings. The summed E-state index contributed by atoms with van der Waals surface area (Å²) in [6.45, 7) is 4.90. The maximum absolute atomic E-state index is 12.9. The molecule has 0 spiro atoms. The van der Waals surface area contributed by atoms with Gasteiger partial charge < -0.3 is 28.5 Å². The molecule has 2 atom stereocenters. The zero-order chi connectivity index (χ0) is 53.4. The molecule has 0 aliphatic heterocycles. The van der Waals surface area contributed by atoms with Gasteiger partial charge in [0.1, 0.15) is 13.2 Å². The Morgan fingerprint density at radius 2 is 0.740 bits per heavy atom. The Kier molecular flexibility index (Phi) is 54.3. The molecule has 0 bridgehead atoms. The molecule has 73 heavy (non-hydrogen) atoms. The number of aliphatic carboxylic acids is 1. The Hall–Kier alpha value is -2.23. The van der Waals surface area contributed by atoms with E-state index in [2.05, 4.69) is 38.2 Å². The summed E-state index contributed by atoms with van der Waals surface area (Å²) in [7, 11) is 5.98. The van der Waals surface area contributed by atoms with Gasteiger partial charge in [-0.05, 0) is 44.9 Å². The number of carbonyl (C=O) groups excluding carboxylic acids is 2. The number of unbranched alkanes of at least 4 members (excludes halogenated alkanes) is 40. The van der Waals surface area contributed by atoms with Crippen LogP contribution in [0.25, 0.3) is 0 Å². The molecular formula is C64H122NO8+. The zero-order valence-corrected chi connectivity index (χ0v) is 49.1. The average molecular weight is 1030 g/mol. The van der Waals surface area contributed by atoms with Crippen LogP contribution >= 0.6 is 0 Å². The van der Waals surface area contributed by atoms with E-state index in [1.807, 2.05) is 21.1 Å². The van der Waals surface area contributed by atoms with Gasteiger partial charge in [0.25, 0.3) is 6.29 Å². The molecule has 0 saturated carbocycles. The molecule has 9 heteroatoms. The number of allylic oxidation sites excluding steroid dienone is 4.